The van der Waals surface area contributed by atoms with Crippen LogP contribution in [0.4, 0.5) is 0 Å². The molecule has 3 heteroatoms. The van der Waals surface area contributed by atoms with Gasteiger partial charge in [0.25, 0.3) is 0 Å². The van der Waals surface area contributed by atoms with E-state index in [0.717, 1.165) is 12.1 Å². The molecule has 0 fully saturated rings. The Labute approximate surface area is 78.1 Å². The van der Waals surface area contributed by atoms with Crippen LogP contribution < -0.4 is 10.1 Å². The van der Waals surface area contributed by atoms with Crippen molar-refractivity contribution in [3.63, 3.8) is 0 Å². The van der Waals surface area contributed by atoms with Crippen molar-refractivity contribution in [2.45, 2.75) is 6.54 Å². The summed E-state index contributed by atoms with van der Waals surface area (Å²) in [5.74, 6) is 3.13. The number of rotatable bonds is 4. The number of hydrogen-bond donors (Lipinski definition) is 1. The summed E-state index contributed by atoms with van der Waals surface area (Å²) < 4.78 is 4.93. The van der Waals surface area contributed by atoms with Gasteiger partial charge in [-0.25, -0.2) is 4.98 Å². The number of hydrogen-bond acceptors (Lipinski definition) is 3. The fraction of sp³-hybridized carbons (Fsp3) is 0.300. The van der Waals surface area contributed by atoms with Gasteiger partial charge >= 0.3 is 0 Å². The monoisotopic (exact) mass is 176 g/mol. The molecular formula is C10H12N2O. The van der Waals surface area contributed by atoms with E-state index in [0.29, 0.717) is 12.4 Å². The fourth-order valence-corrected chi connectivity index (χ4v) is 0.915. The van der Waals surface area contributed by atoms with Crippen molar-refractivity contribution in [2.24, 2.45) is 0 Å². The van der Waals surface area contributed by atoms with Crippen LogP contribution in [-0.2, 0) is 6.54 Å². The minimum Gasteiger partial charge on any atom is -0.481 e. The Balaban J connectivity index is 2.45. The van der Waals surface area contributed by atoms with E-state index >= 15 is 0 Å². The number of ether oxygens (including phenoxy) is 1. The Kier molecular flexibility index (Phi) is 3.80. The molecule has 0 amide bonds. The average Bonchev–Trinajstić information content (AvgIpc) is 2.19. The van der Waals surface area contributed by atoms with Gasteiger partial charge in [0.1, 0.15) is 0 Å². The van der Waals surface area contributed by atoms with Gasteiger partial charge in [-0.1, -0.05) is 12.0 Å². The topological polar surface area (TPSA) is 34.1 Å². The second-order valence-electron chi connectivity index (χ2n) is 2.52. The van der Waals surface area contributed by atoms with E-state index in [9.17, 15) is 0 Å². The molecule has 0 atom stereocenters. The Morgan fingerprint density at radius 2 is 2.46 bits per heavy atom. The van der Waals surface area contributed by atoms with Crippen molar-refractivity contribution in [3.05, 3.63) is 23.9 Å². The van der Waals surface area contributed by atoms with Crippen LogP contribution in [0.15, 0.2) is 18.3 Å². The number of nitrogens with zero attached hydrogens (tertiary/aromatic N) is 1. The van der Waals surface area contributed by atoms with Crippen LogP contribution in [0.5, 0.6) is 5.88 Å². The normalized spacial score (nSPS) is 9.23. The van der Waals surface area contributed by atoms with Crippen LogP contribution in [0.25, 0.3) is 0 Å². The highest BCUT2D eigenvalue weighted by molar-refractivity contribution is 5.17. The quantitative estimate of drug-likeness (QED) is 0.544. The Hall–Kier alpha value is -1.53. The minimum atomic E-state index is 0.575. The first kappa shape index (κ1) is 9.56. The van der Waals surface area contributed by atoms with Crippen molar-refractivity contribution in [1.82, 2.24) is 10.3 Å². The summed E-state index contributed by atoms with van der Waals surface area (Å²) in [6, 6.07) is 3.78. The lowest BCUT2D eigenvalue weighted by Gasteiger charge is -2.02. The van der Waals surface area contributed by atoms with Gasteiger partial charge in [-0.2, -0.15) is 0 Å². The number of pyridine rings is 1. The van der Waals surface area contributed by atoms with Gasteiger partial charge in [0.2, 0.25) is 5.88 Å². The minimum absolute atomic E-state index is 0.575. The zero-order chi connectivity index (χ0) is 9.52. The summed E-state index contributed by atoms with van der Waals surface area (Å²) in [4.78, 5) is 4.06. The number of aromatic nitrogens is 1. The molecule has 0 saturated heterocycles. The average molecular weight is 176 g/mol. The van der Waals surface area contributed by atoms with Gasteiger partial charge in [0.15, 0.2) is 0 Å². The highest BCUT2D eigenvalue weighted by atomic mass is 16.5. The molecule has 0 saturated carbocycles. The molecule has 0 radical (unpaired) electrons. The van der Waals surface area contributed by atoms with Crippen LogP contribution in [0.3, 0.4) is 0 Å². The predicted octanol–water partition coefficient (Wildman–Crippen LogP) is 0.813. The SMILES string of the molecule is C#CCNCc1ccc(OC)nc1. The van der Waals surface area contributed by atoms with Gasteiger partial charge in [-0.3, -0.25) is 0 Å². The molecule has 0 spiro atoms. The van der Waals surface area contributed by atoms with Gasteiger partial charge in [0, 0.05) is 18.8 Å². The molecule has 0 aliphatic carbocycles. The first-order valence-corrected chi connectivity index (χ1v) is 4.00. The van der Waals surface area contributed by atoms with Crippen LogP contribution >= 0.6 is 0 Å². The van der Waals surface area contributed by atoms with Crippen LogP contribution in [0, 0.1) is 12.3 Å². The molecule has 1 aromatic rings. The molecule has 0 bridgehead atoms. The molecule has 13 heavy (non-hydrogen) atoms. The van der Waals surface area contributed by atoms with E-state index in [1.807, 2.05) is 12.1 Å². The summed E-state index contributed by atoms with van der Waals surface area (Å²) in [5, 5.41) is 3.07. The van der Waals surface area contributed by atoms with Gasteiger partial charge in [-0.15, -0.1) is 6.42 Å². The third-order valence-electron chi connectivity index (χ3n) is 1.56. The summed E-state index contributed by atoms with van der Waals surface area (Å²) in [7, 11) is 1.60. The van der Waals surface area contributed by atoms with E-state index in [-0.39, 0.29) is 0 Å². The van der Waals surface area contributed by atoms with Crippen LogP contribution in [0.1, 0.15) is 5.56 Å². The molecule has 1 N–H and O–H groups in total. The molecule has 0 aliphatic rings. The Bertz CT molecular complexity index is 287. The number of nitrogens with one attached hydrogen (secondary N) is 1. The second-order valence-corrected chi connectivity index (χ2v) is 2.52. The lowest BCUT2D eigenvalue weighted by atomic mass is 10.3. The maximum absolute atomic E-state index is 5.09. The standard InChI is InChI=1S/C10H12N2O/c1-3-6-11-7-9-4-5-10(13-2)12-8-9/h1,4-5,8,11H,6-7H2,2H3. The molecule has 68 valence electrons. The largest absolute Gasteiger partial charge is 0.481 e. The first-order valence-electron chi connectivity index (χ1n) is 4.00. The smallest absolute Gasteiger partial charge is 0.212 e. The highest BCUT2D eigenvalue weighted by Gasteiger charge is 1.93. The van der Waals surface area contributed by atoms with E-state index in [2.05, 4.69) is 16.2 Å². The van der Waals surface area contributed by atoms with Crippen molar-refractivity contribution >= 4 is 0 Å². The molecule has 3 nitrogen and oxygen atoms in total. The first-order chi connectivity index (χ1) is 6.36. The van der Waals surface area contributed by atoms with Crippen molar-refractivity contribution < 1.29 is 4.74 Å². The predicted molar refractivity (Wildman–Crippen MR) is 51.3 cm³/mol. The van der Waals surface area contributed by atoms with Gasteiger partial charge in [0.05, 0.1) is 13.7 Å². The number of methoxy groups -OCH3 is 1. The zero-order valence-electron chi connectivity index (χ0n) is 7.58. The molecular weight excluding hydrogens is 164 g/mol. The zero-order valence-corrected chi connectivity index (χ0v) is 7.58. The van der Waals surface area contributed by atoms with Crippen molar-refractivity contribution in [1.29, 1.82) is 0 Å². The Morgan fingerprint density at radius 3 is 3.00 bits per heavy atom. The summed E-state index contributed by atoms with van der Waals surface area (Å²) in [6.07, 6.45) is 6.86. The summed E-state index contributed by atoms with van der Waals surface area (Å²) in [5.41, 5.74) is 1.09. The maximum atomic E-state index is 5.09. The second kappa shape index (κ2) is 5.18. The van der Waals surface area contributed by atoms with E-state index in [4.69, 9.17) is 11.2 Å². The fourth-order valence-electron chi connectivity index (χ4n) is 0.915. The van der Waals surface area contributed by atoms with E-state index in [1.54, 1.807) is 13.3 Å². The van der Waals surface area contributed by atoms with Gasteiger partial charge < -0.3 is 10.1 Å². The van der Waals surface area contributed by atoms with Crippen molar-refractivity contribution in [2.75, 3.05) is 13.7 Å². The molecule has 1 aromatic heterocycles. The molecule has 0 unspecified atom stereocenters. The molecule has 0 aromatic carbocycles. The number of terminal acetylenes is 1. The molecule has 1 heterocycles. The van der Waals surface area contributed by atoms with E-state index < -0.39 is 0 Å². The molecule has 0 aliphatic heterocycles. The lowest BCUT2D eigenvalue weighted by molar-refractivity contribution is 0.397. The molecule has 1 rings (SSSR count). The van der Waals surface area contributed by atoms with Crippen LogP contribution in [-0.4, -0.2) is 18.6 Å². The maximum Gasteiger partial charge on any atom is 0.212 e. The van der Waals surface area contributed by atoms with Crippen molar-refractivity contribution in [3.8, 4) is 18.2 Å². The lowest BCUT2D eigenvalue weighted by Crippen LogP contribution is -2.12. The van der Waals surface area contributed by atoms with Gasteiger partial charge in [-0.05, 0) is 5.56 Å². The Morgan fingerprint density at radius 1 is 1.62 bits per heavy atom. The van der Waals surface area contributed by atoms with E-state index in [1.165, 1.54) is 0 Å². The summed E-state index contributed by atoms with van der Waals surface area (Å²) >= 11 is 0. The van der Waals surface area contributed by atoms with Crippen LogP contribution in [0.2, 0.25) is 0 Å². The third kappa shape index (κ3) is 3.14. The summed E-state index contributed by atoms with van der Waals surface area (Å²) in [6.45, 7) is 1.31. The highest BCUT2D eigenvalue weighted by Crippen LogP contribution is 2.05. The third-order valence-corrected chi connectivity index (χ3v) is 1.56.